The van der Waals surface area contributed by atoms with Crippen molar-refractivity contribution in [3.63, 3.8) is 0 Å². The van der Waals surface area contributed by atoms with E-state index in [1.807, 2.05) is 18.2 Å². The van der Waals surface area contributed by atoms with Crippen molar-refractivity contribution in [2.24, 2.45) is 4.99 Å². The average Bonchev–Trinajstić information content (AvgIpc) is 3.47. The molecule has 1 aliphatic carbocycles. The molecule has 3 rings (SSSR count). The quantitative estimate of drug-likeness (QED) is 0.283. The van der Waals surface area contributed by atoms with Crippen molar-refractivity contribution in [2.45, 2.75) is 44.7 Å². The zero-order valence-electron chi connectivity index (χ0n) is 19.2. The average molecular weight is 554 g/mol. The van der Waals surface area contributed by atoms with Crippen LogP contribution in [-0.4, -0.2) is 60.8 Å². The lowest BCUT2D eigenvalue weighted by atomic mass is 10.1. The highest BCUT2D eigenvalue weighted by Crippen LogP contribution is 2.28. The predicted molar refractivity (Wildman–Crippen MR) is 138 cm³/mol. The van der Waals surface area contributed by atoms with Gasteiger partial charge in [-0.25, -0.2) is 4.99 Å². The van der Waals surface area contributed by atoms with E-state index in [1.165, 1.54) is 31.2 Å². The number of carbonyl (C=O) groups excluding carboxylic acids is 1. The number of hydrogen-bond acceptors (Lipinski definition) is 4. The first kappa shape index (κ1) is 26.0. The molecule has 2 N–H and O–H groups in total. The molecular formula is C23H35IN6O2. The zero-order chi connectivity index (χ0) is 22.1. The minimum absolute atomic E-state index is 0. The van der Waals surface area contributed by atoms with Crippen molar-refractivity contribution < 1.29 is 9.53 Å². The lowest BCUT2D eigenvalue weighted by Gasteiger charge is -2.15. The third kappa shape index (κ3) is 7.99. The van der Waals surface area contributed by atoms with Crippen LogP contribution in [0, 0.1) is 0 Å². The normalized spacial score (nSPS) is 14.0. The summed E-state index contributed by atoms with van der Waals surface area (Å²) >= 11 is 0. The van der Waals surface area contributed by atoms with Crippen molar-refractivity contribution in [3.8, 4) is 5.75 Å². The van der Waals surface area contributed by atoms with Crippen LogP contribution in [0.3, 0.4) is 0 Å². The topological polar surface area (TPSA) is 83.8 Å². The molecule has 0 saturated heterocycles. The Labute approximate surface area is 207 Å². The molecule has 1 amide bonds. The summed E-state index contributed by atoms with van der Waals surface area (Å²) < 4.78 is 7.29. The van der Waals surface area contributed by atoms with Crippen LogP contribution in [0.2, 0.25) is 0 Å². The van der Waals surface area contributed by atoms with E-state index >= 15 is 0 Å². The molecule has 0 atom stereocenters. The van der Waals surface area contributed by atoms with Gasteiger partial charge < -0.3 is 20.3 Å². The van der Waals surface area contributed by atoms with Crippen LogP contribution in [0.5, 0.6) is 5.75 Å². The van der Waals surface area contributed by atoms with Crippen LogP contribution in [0.25, 0.3) is 0 Å². The monoisotopic (exact) mass is 554 g/mol. The van der Waals surface area contributed by atoms with Gasteiger partial charge in [0.25, 0.3) is 0 Å². The Balaban J connectivity index is 0.00000363. The zero-order valence-corrected chi connectivity index (χ0v) is 21.5. The maximum atomic E-state index is 12.0. The summed E-state index contributed by atoms with van der Waals surface area (Å²) in [5.74, 6) is 1.45. The molecule has 0 spiro atoms. The second-order valence-corrected chi connectivity index (χ2v) is 8.06. The van der Waals surface area contributed by atoms with E-state index in [-0.39, 0.29) is 36.4 Å². The SMILES string of the molecule is COc1ccc(CCNC(=NCc2ccn(C3CCCC3)n2)NCC(=O)N(C)C)cc1.I. The van der Waals surface area contributed by atoms with Crippen molar-refractivity contribution in [1.82, 2.24) is 25.3 Å². The van der Waals surface area contributed by atoms with E-state index in [1.54, 1.807) is 26.1 Å². The molecule has 0 bridgehead atoms. The number of ether oxygens (including phenoxy) is 1. The highest BCUT2D eigenvalue weighted by Gasteiger charge is 2.17. The Bertz CT molecular complexity index is 860. The second-order valence-electron chi connectivity index (χ2n) is 8.06. The molecule has 1 saturated carbocycles. The van der Waals surface area contributed by atoms with Gasteiger partial charge >= 0.3 is 0 Å². The number of hydrogen-bond donors (Lipinski definition) is 2. The van der Waals surface area contributed by atoms with Crippen LogP contribution in [0.4, 0.5) is 0 Å². The summed E-state index contributed by atoms with van der Waals surface area (Å²) in [6.07, 6.45) is 7.87. The number of nitrogens with zero attached hydrogens (tertiary/aromatic N) is 4. The first-order valence-corrected chi connectivity index (χ1v) is 10.9. The highest BCUT2D eigenvalue weighted by atomic mass is 127. The van der Waals surface area contributed by atoms with Gasteiger partial charge in [0.2, 0.25) is 5.91 Å². The van der Waals surface area contributed by atoms with Crippen molar-refractivity contribution in [1.29, 1.82) is 0 Å². The summed E-state index contributed by atoms with van der Waals surface area (Å²) in [7, 11) is 5.15. The summed E-state index contributed by atoms with van der Waals surface area (Å²) in [6.45, 7) is 1.36. The number of benzene rings is 1. The Morgan fingerprint density at radius 2 is 1.91 bits per heavy atom. The van der Waals surface area contributed by atoms with E-state index in [0.29, 0.717) is 25.1 Å². The van der Waals surface area contributed by atoms with Crippen molar-refractivity contribution in [3.05, 3.63) is 47.8 Å². The van der Waals surface area contributed by atoms with E-state index in [2.05, 4.69) is 38.6 Å². The Morgan fingerprint density at radius 1 is 1.19 bits per heavy atom. The number of halogens is 1. The molecule has 1 fully saturated rings. The smallest absolute Gasteiger partial charge is 0.241 e. The molecule has 0 aliphatic heterocycles. The molecule has 1 aromatic heterocycles. The molecular weight excluding hydrogens is 519 g/mol. The van der Waals surface area contributed by atoms with Crippen LogP contribution < -0.4 is 15.4 Å². The molecule has 8 nitrogen and oxygen atoms in total. The molecule has 0 unspecified atom stereocenters. The maximum absolute atomic E-state index is 12.0. The van der Waals surface area contributed by atoms with Crippen LogP contribution in [-0.2, 0) is 17.8 Å². The third-order valence-electron chi connectivity index (χ3n) is 5.53. The molecule has 9 heteroatoms. The molecule has 0 radical (unpaired) electrons. The van der Waals surface area contributed by atoms with Crippen LogP contribution in [0.1, 0.15) is 43.0 Å². The number of aromatic nitrogens is 2. The number of rotatable bonds is 9. The predicted octanol–water partition coefficient (Wildman–Crippen LogP) is 2.99. The molecule has 32 heavy (non-hydrogen) atoms. The minimum atomic E-state index is -0.00448. The minimum Gasteiger partial charge on any atom is -0.497 e. The summed E-state index contributed by atoms with van der Waals surface area (Å²) in [4.78, 5) is 18.2. The number of nitrogens with one attached hydrogen (secondary N) is 2. The fourth-order valence-corrected chi connectivity index (χ4v) is 3.60. The van der Waals surface area contributed by atoms with Crippen molar-refractivity contribution in [2.75, 3.05) is 34.3 Å². The summed E-state index contributed by atoms with van der Waals surface area (Å²) in [5, 5.41) is 11.2. The lowest BCUT2D eigenvalue weighted by molar-refractivity contribution is -0.127. The van der Waals surface area contributed by atoms with Gasteiger partial charge in [-0.3, -0.25) is 9.48 Å². The summed E-state index contributed by atoms with van der Waals surface area (Å²) in [6, 6.07) is 10.6. The van der Waals surface area contributed by atoms with Crippen molar-refractivity contribution >= 4 is 35.8 Å². The number of guanidine groups is 1. The summed E-state index contributed by atoms with van der Waals surface area (Å²) in [5.41, 5.74) is 2.13. The number of carbonyl (C=O) groups is 1. The fraction of sp³-hybridized carbons (Fsp3) is 0.522. The first-order chi connectivity index (χ1) is 15.0. The van der Waals surface area contributed by atoms with Gasteiger partial charge in [0, 0.05) is 26.8 Å². The largest absolute Gasteiger partial charge is 0.497 e. The molecule has 1 heterocycles. The molecule has 2 aromatic rings. The number of amides is 1. The lowest BCUT2D eigenvalue weighted by Crippen LogP contribution is -2.43. The van der Waals surface area contributed by atoms with E-state index in [4.69, 9.17) is 9.84 Å². The Hall–Kier alpha value is -2.30. The molecule has 1 aliphatic rings. The first-order valence-electron chi connectivity index (χ1n) is 10.9. The highest BCUT2D eigenvalue weighted by molar-refractivity contribution is 14.0. The van der Waals surface area contributed by atoms with Crippen LogP contribution in [0.15, 0.2) is 41.5 Å². The van der Waals surface area contributed by atoms with Gasteiger partial charge in [-0.05, 0) is 43.0 Å². The third-order valence-corrected chi connectivity index (χ3v) is 5.53. The van der Waals surface area contributed by atoms with Gasteiger partial charge in [-0.15, -0.1) is 24.0 Å². The van der Waals surface area contributed by atoms with Gasteiger partial charge in [0.1, 0.15) is 5.75 Å². The molecule has 176 valence electrons. The Kier molecular flexibility index (Phi) is 10.8. The Morgan fingerprint density at radius 3 is 2.56 bits per heavy atom. The van der Waals surface area contributed by atoms with E-state index in [9.17, 15) is 4.79 Å². The van der Waals surface area contributed by atoms with E-state index < -0.39 is 0 Å². The number of likely N-dealkylation sites (N-methyl/N-ethyl adjacent to an activating group) is 1. The maximum Gasteiger partial charge on any atom is 0.241 e. The second kappa shape index (κ2) is 13.3. The number of aliphatic imine (C=N–C) groups is 1. The van der Waals surface area contributed by atoms with Gasteiger partial charge in [0.15, 0.2) is 5.96 Å². The van der Waals surface area contributed by atoms with Gasteiger partial charge in [-0.1, -0.05) is 25.0 Å². The van der Waals surface area contributed by atoms with E-state index in [0.717, 1.165) is 17.9 Å². The standard InChI is InChI=1S/C23H34N6O2.HI/c1-28(2)22(30)17-26-23(24-14-12-18-8-10-21(31-3)11-9-18)25-16-19-13-15-29(27-19)20-6-4-5-7-20;/h8-11,13,15,20H,4-7,12,14,16-17H2,1-3H3,(H2,24,25,26);1H. The van der Waals surface area contributed by atoms with Crippen LogP contribution >= 0.6 is 24.0 Å². The number of methoxy groups -OCH3 is 1. The van der Waals surface area contributed by atoms with Gasteiger partial charge in [0.05, 0.1) is 31.9 Å². The fourth-order valence-electron chi connectivity index (χ4n) is 3.60. The molecule has 1 aromatic carbocycles. The van der Waals surface area contributed by atoms with Gasteiger partial charge in [-0.2, -0.15) is 5.10 Å².